The Bertz CT molecular complexity index is 318. The van der Waals surface area contributed by atoms with Gasteiger partial charge < -0.3 is 18.9 Å². The number of alkyl halides is 1. The van der Waals surface area contributed by atoms with Gasteiger partial charge in [-0.2, -0.15) is 0 Å². The third-order valence-electron chi connectivity index (χ3n) is 2.79. The molecule has 3 rings (SSSR count). The number of rotatable bonds is 0. The van der Waals surface area contributed by atoms with Crippen LogP contribution in [0.2, 0.25) is 0 Å². The van der Waals surface area contributed by atoms with Crippen LogP contribution < -0.4 is 0 Å². The maximum atomic E-state index is 11.2. The minimum atomic E-state index is -0.754. The highest BCUT2D eigenvalue weighted by Gasteiger charge is 2.62. The van der Waals surface area contributed by atoms with Crippen molar-refractivity contribution in [3.05, 3.63) is 0 Å². The first-order valence-corrected chi connectivity index (χ1v) is 5.27. The average Bonchev–Trinajstić information content (AvgIpc) is 2.66. The van der Waals surface area contributed by atoms with E-state index in [2.05, 4.69) is 0 Å². The van der Waals surface area contributed by atoms with Crippen LogP contribution in [0.4, 0.5) is 0 Å². The third-order valence-corrected chi connectivity index (χ3v) is 3.22. The van der Waals surface area contributed by atoms with Gasteiger partial charge in [0.2, 0.25) is 0 Å². The maximum Gasteiger partial charge on any atom is 0.327 e. The molecule has 0 saturated carbocycles. The zero-order valence-corrected chi connectivity index (χ0v) is 9.06. The zero-order chi connectivity index (χ0) is 10.8. The summed E-state index contributed by atoms with van der Waals surface area (Å²) in [5.41, 5.74) is 0. The lowest BCUT2D eigenvalue weighted by molar-refractivity contribution is -0.209. The van der Waals surface area contributed by atoms with Crippen LogP contribution in [-0.4, -0.2) is 41.7 Å². The molecule has 3 aliphatic heterocycles. The highest BCUT2D eigenvalue weighted by molar-refractivity contribution is 6.31. The van der Waals surface area contributed by atoms with Gasteiger partial charge in [-0.05, 0) is 13.8 Å². The van der Waals surface area contributed by atoms with Crippen LogP contribution >= 0.6 is 11.6 Å². The molecule has 0 aromatic carbocycles. The maximum absolute atomic E-state index is 11.2. The number of hydrogen-bond acceptors (Lipinski definition) is 5. The predicted octanol–water partition coefficient (Wildman–Crippen LogP) is 0.396. The van der Waals surface area contributed by atoms with Crippen LogP contribution in [0, 0.1) is 0 Å². The predicted molar refractivity (Wildman–Crippen MR) is 48.2 cm³/mol. The van der Waals surface area contributed by atoms with Gasteiger partial charge in [0.25, 0.3) is 0 Å². The van der Waals surface area contributed by atoms with Crippen molar-refractivity contribution >= 4 is 17.6 Å². The van der Waals surface area contributed by atoms with Crippen molar-refractivity contribution in [2.75, 3.05) is 0 Å². The fourth-order valence-electron chi connectivity index (χ4n) is 2.21. The summed E-state index contributed by atoms with van der Waals surface area (Å²) in [7, 11) is 0. The van der Waals surface area contributed by atoms with Gasteiger partial charge in [-0.1, -0.05) is 0 Å². The van der Waals surface area contributed by atoms with E-state index in [1.54, 1.807) is 13.8 Å². The molecule has 3 saturated heterocycles. The quantitative estimate of drug-likeness (QED) is 0.449. The minimum absolute atomic E-state index is 0.363. The standard InChI is InChI=1S/C9H11ClO5/c1-9(2)14-6-5-4(13-8(6)15-9)3(10)7(11)12-5/h3-6,8H,1-2H3/t3-,4-,5+,6-,8-/m1/s1. The van der Waals surface area contributed by atoms with Crippen LogP contribution in [0.15, 0.2) is 0 Å². The molecule has 0 bridgehead atoms. The fraction of sp³-hybridized carbons (Fsp3) is 0.889. The van der Waals surface area contributed by atoms with Gasteiger partial charge >= 0.3 is 5.97 Å². The van der Waals surface area contributed by atoms with Crippen molar-refractivity contribution in [3.8, 4) is 0 Å². The Hall–Kier alpha value is -0.360. The number of carbonyl (C=O) groups is 1. The second-order valence-corrected chi connectivity index (χ2v) is 4.84. The van der Waals surface area contributed by atoms with E-state index < -0.39 is 35.6 Å². The summed E-state index contributed by atoms with van der Waals surface area (Å²) in [5.74, 6) is -1.14. The Morgan fingerprint density at radius 3 is 2.67 bits per heavy atom. The van der Waals surface area contributed by atoms with Crippen molar-refractivity contribution in [2.45, 2.75) is 49.6 Å². The van der Waals surface area contributed by atoms with E-state index in [0.29, 0.717) is 0 Å². The molecule has 0 aromatic rings. The molecule has 0 amide bonds. The largest absolute Gasteiger partial charge is 0.455 e. The molecule has 3 fully saturated rings. The van der Waals surface area contributed by atoms with Crippen molar-refractivity contribution < 1.29 is 23.7 Å². The smallest absolute Gasteiger partial charge is 0.327 e. The lowest BCUT2D eigenvalue weighted by atomic mass is 10.1. The highest BCUT2D eigenvalue weighted by Crippen LogP contribution is 2.43. The van der Waals surface area contributed by atoms with Gasteiger partial charge in [-0.15, -0.1) is 11.6 Å². The average molecular weight is 235 g/mol. The van der Waals surface area contributed by atoms with Gasteiger partial charge in [0.05, 0.1) is 0 Å². The van der Waals surface area contributed by atoms with E-state index >= 15 is 0 Å². The summed E-state index contributed by atoms with van der Waals surface area (Å²) in [6, 6.07) is 0. The van der Waals surface area contributed by atoms with Gasteiger partial charge in [0, 0.05) is 0 Å². The second kappa shape index (κ2) is 2.85. The second-order valence-electron chi connectivity index (χ2n) is 4.37. The normalized spacial score (nSPS) is 51.4. The number of ether oxygens (including phenoxy) is 4. The van der Waals surface area contributed by atoms with Crippen LogP contribution in [0.3, 0.4) is 0 Å². The molecule has 0 N–H and O–H groups in total. The van der Waals surface area contributed by atoms with Crippen molar-refractivity contribution in [3.63, 3.8) is 0 Å². The van der Waals surface area contributed by atoms with Gasteiger partial charge in [0.1, 0.15) is 6.10 Å². The highest BCUT2D eigenvalue weighted by atomic mass is 35.5. The first kappa shape index (κ1) is 9.84. The molecule has 3 aliphatic rings. The van der Waals surface area contributed by atoms with E-state index in [-0.39, 0.29) is 6.10 Å². The third kappa shape index (κ3) is 1.30. The summed E-state index contributed by atoms with van der Waals surface area (Å²) >= 11 is 5.84. The first-order valence-electron chi connectivity index (χ1n) is 4.84. The number of fused-ring (bicyclic) bond motifs is 3. The van der Waals surface area contributed by atoms with Gasteiger partial charge in [0.15, 0.2) is 29.7 Å². The summed E-state index contributed by atoms with van der Waals surface area (Å²) in [4.78, 5) is 11.2. The first-order chi connectivity index (χ1) is 6.98. The van der Waals surface area contributed by atoms with Crippen LogP contribution in [0.25, 0.3) is 0 Å². The van der Waals surface area contributed by atoms with E-state index in [1.807, 2.05) is 0 Å². The summed E-state index contributed by atoms with van der Waals surface area (Å²) in [5, 5.41) is -0.754. The molecule has 3 heterocycles. The van der Waals surface area contributed by atoms with Gasteiger partial charge in [-0.3, -0.25) is 4.79 Å². The molecule has 0 spiro atoms. The molecule has 0 radical (unpaired) electrons. The summed E-state index contributed by atoms with van der Waals surface area (Å²) < 4.78 is 21.7. The molecular weight excluding hydrogens is 224 g/mol. The van der Waals surface area contributed by atoms with E-state index in [4.69, 9.17) is 30.5 Å². The van der Waals surface area contributed by atoms with E-state index in [0.717, 1.165) is 0 Å². The van der Waals surface area contributed by atoms with Crippen LogP contribution in [0.5, 0.6) is 0 Å². The van der Waals surface area contributed by atoms with Crippen molar-refractivity contribution in [1.29, 1.82) is 0 Å². The molecule has 0 aliphatic carbocycles. The lowest BCUT2D eigenvalue weighted by Crippen LogP contribution is -2.34. The summed E-state index contributed by atoms with van der Waals surface area (Å²) in [6.07, 6.45) is -1.74. The Labute approximate surface area is 91.6 Å². The molecule has 84 valence electrons. The van der Waals surface area contributed by atoms with Crippen LogP contribution in [-0.2, 0) is 23.7 Å². The Morgan fingerprint density at radius 2 is 1.93 bits per heavy atom. The fourth-order valence-corrected chi connectivity index (χ4v) is 2.46. The Morgan fingerprint density at radius 1 is 1.20 bits per heavy atom. The minimum Gasteiger partial charge on any atom is -0.455 e. The number of carbonyl (C=O) groups excluding carboxylic acids is 1. The van der Waals surface area contributed by atoms with Crippen LogP contribution in [0.1, 0.15) is 13.8 Å². The molecule has 0 unspecified atom stereocenters. The molecule has 15 heavy (non-hydrogen) atoms. The SMILES string of the molecule is CC1(C)O[C@H]2O[C@H]3[C@H](OC(=O)[C@@H]3Cl)[C@H]2O1. The van der Waals surface area contributed by atoms with Gasteiger partial charge in [-0.25, -0.2) is 0 Å². The number of hydrogen-bond donors (Lipinski definition) is 0. The van der Waals surface area contributed by atoms with Crippen molar-refractivity contribution in [1.82, 2.24) is 0 Å². The monoisotopic (exact) mass is 234 g/mol. The molecular formula is C9H11ClO5. The zero-order valence-electron chi connectivity index (χ0n) is 8.31. The molecule has 5 nitrogen and oxygen atoms in total. The van der Waals surface area contributed by atoms with Crippen molar-refractivity contribution in [2.24, 2.45) is 0 Å². The topological polar surface area (TPSA) is 54.0 Å². The molecule has 5 atom stereocenters. The molecule has 0 aromatic heterocycles. The van der Waals surface area contributed by atoms with E-state index in [1.165, 1.54) is 0 Å². The molecule has 6 heteroatoms. The summed E-state index contributed by atoms with van der Waals surface area (Å²) in [6.45, 7) is 3.58. The number of halogens is 1. The lowest BCUT2D eigenvalue weighted by Gasteiger charge is -2.20. The number of esters is 1. The Kier molecular flexibility index (Phi) is 1.87. The Balaban J connectivity index is 1.83. The van der Waals surface area contributed by atoms with E-state index in [9.17, 15) is 4.79 Å².